The van der Waals surface area contributed by atoms with E-state index < -0.39 is 0 Å². The Kier molecular flexibility index (Phi) is 4.30. The minimum atomic E-state index is -0.206. The number of aryl methyl sites for hydroxylation is 1. The Morgan fingerprint density at radius 3 is 2.68 bits per heavy atom. The van der Waals surface area contributed by atoms with Gasteiger partial charge in [0.25, 0.3) is 0 Å². The van der Waals surface area contributed by atoms with Gasteiger partial charge in [0.05, 0.1) is 5.52 Å². The number of pyridine rings is 1. The van der Waals surface area contributed by atoms with Gasteiger partial charge in [-0.05, 0) is 53.3 Å². The molecule has 1 aliphatic rings. The first kappa shape index (κ1) is 18.4. The predicted molar refractivity (Wildman–Crippen MR) is 113 cm³/mol. The average molecular weight is 372 g/mol. The van der Waals surface area contributed by atoms with Crippen LogP contribution in [-0.2, 0) is 16.6 Å². The number of para-hydroxylation sites is 1. The van der Waals surface area contributed by atoms with E-state index in [9.17, 15) is 9.59 Å². The Morgan fingerprint density at radius 2 is 1.96 bits per heavy atom. The summed E-state index contributed by atoms with van der Waals surface area (Å²) in [7, 11) is 0. The van der Waals surface area contributed by atoms with Gasteiger partial charge >= 0.3 is 0 Å². The molecule has 0 bridgehead atoms. The zero-order chi connectivity index (χ0) is 20.1. The van der Waals surface area contributed by atoms with Crippen molar-refractivity contribution in [2.24, 2.45) is 0 Å². The largest absolute Gasteiger partial charge is 0.326 e. The summed E-state index contributed by atoms with van der Waals surface area (Å²) >= 11 is 0. The van der Waals surface area contributed by atoms with Gasteiger partial charge in [-0.3, -0.25) is 9.59 Å². The highest BCUT2D eigenvalue weighted by atomic mass is 16.1. The minimum absolute atomic E-state index is 0.0381. The molecule has 0 aliphatic carbocycles. The highest BCUT2D eigenvalue weighted by molar-refractivity contribution is 6.02. The molecule has 4 rings (SSSR count). The molecule has 1 aromatic heterocycles. The van der Waals surface area contributed by atoms with E-state index in [2.05, 4.69) is 43.2 Å². The van der Waals surface area contributed by atoms with Crippen LogP contribution in [0, 0.1) is 6.92 Å². The second-order valence-electron chi connectivity index (χ2n) is 8.16. The SMILES string of the molecule is CCc1c(C=O)nc2ccccc2c1-c1cc2c(cc1C)C(C)(C)CC(=O)N2. The Bertz CT molecular complexity index is 1130. The van der Waals surface area contributed by atoms with Crippen LogP contribution in [0.25, 0.3) is 22.0 Å². The van der Waals surface area contributed by atoms with Crippen LogP contribution in [0.15, 0.2) is 36.4 Å². The Balaban J connectivity index is 2.08. The number of hydrogen-bond acceptors (Lipinski definition) is 3. The summed E-state index contributed by atoms with van der Waals surface area (Å²) in [5.41, 5.74) is 7.24. The van der Waals surface area contributed by atoms with Crippen molar-refractivity contribution in [2.75, 3.05) is 5.32 Å². The third-order valence-corrected chi connectivity index (χ3v) is 5.73. The second-order valence-corrected chi connectivity index (χ2v) is 8.16. The number of fused-ring (bicyclic) bond motifs is 2. The summed E-state index contributed by atoms with van der Waals surface area (Å²) in [6.45, 7) is 8.35. The predicted octanol–water partition coefficient (Wildman–Crippen LogP) is 5.20. The van der Waals surface area contributed by atoms with Crippen LogP contribution in [0.3, 0.4) is 0 Å². The molecule has 1 amide bonds. The highest BCUT2D eigenvalue weighted by Crippen LogP contribution is 2.43. The maximum absolute atomic E-state index is 12.2. The topological polar surface area (TPSA) is 59.1 Å². The lowest BCUT2D eigenvalue weighted by molar-refractivity contribution is -0.117. The number of nitrogens with zero attached hydrogens (tertiary/aromatic N) is 1. The number of nitrogens with one attached hydrogen (secondary N) is 1. The number of aldehydes is 1. The van der Waals surface area contributed by atoms with E-state index in [-0.39, 0.29) is 11.3 Å². The van der Waals surface area contributed by atoms with Crippen LogP contribution in [0.2, 0.25) is 0 Å². The fraction of sp³-hybridized carbons (Fsp3) is 0.292. The van der Waals surface area contributed by atoms with Crippen LogP contribution < -0.4 is 5.32 Å². The third-order valence-electron chi connectivity index (χ3n) is 5.73. The van der Waals surface area contributed by atoms with Gasteiger partial charge < -0.3 is 5.32 Å². The summed E-state index contributed by atoms with van der Waals surface area (Å²) in [5.74, 6) is 0.0381. The molecule has 0 saturated heterocycles. The summed E-state index contributed by atoms with van der Waals surface area (Å²) in [6.07, 6.45) is 2.02. The lowest BCUT2D eigenvalue weighted by Crippen LogP contribution is -2.32. The molecule has 142 valence electrons. The van der Waals surface area contributed by atoms with Gasteiger partial charge in [0.2, 0.25) is 5.91 Å². The molecule has 0 radical (unpaired) electrons. The van der Waals surface area contributed by atoms with Crippen LogP contribution in [0.5, 0.6) is 0 Å². The van der Waals surface area contributed by atoms with E-state index in [1.165, 1.54) is 0 Å². The number of carbonyl (C=O) groups excluding carboxylic acids is 2. The van der Waals surface area contributed by atoms with Crippen LogP contribution >= 0.6 is 0 Å². The van der Waals surface area contributed by atoms with E-state index in [1.54, 1.807) is 0 Å². The van der Waals surface area contributed by atoms with E-state index >= 15 is 0 Å². The van der Waals surface area contributed by atoms with Gasteiger partial charge in [-0.2, -0.15) is 0 Å². The van der Waals surface area contributed by atoms with Gasteiger partial charge in [0.15, 0.2) is 6.29 Å². The van der Waals surface area contributed by atoms with Crippen molar-refractivity contribution in [2.45, 2.75) is 46.0 Å². The fourth-order valence-electron chi connectivity index (χ4n) is 4.37. The molecule has 0 unspecified atom stereocenters. The standard InChI is InChI=1S/C24H24N2O2/c1-5-15-21(13-27)25-19-9-7-6-8-16(19)23(15)17-11-20-18(10-14(17)2)24(3,4)12-22(28)26-20/h6-11,13H,5,12H2,1-4H3,(H,26,28). The number of rotatable bonds is 3. The summed E-state index contributed by atoms with van der Waals surface area (Å²) in [4.78, 5) is 28.5. The first-order chi connectivity index (χ1) is 13.4. The maximum atomic E-state index is 12.2. The molecular formula is C24H24N2O2. The first-order valence-electron chi connectivity index (χ1n) is 9.68. The molecule has 0 spiro atoms. The molecule has 0 saturated carbocycles. The van der Waals surface area contributed by atoms with E-state index in [0.717, 1.165) is 50.7 Å². The number of anilines is 1. The van der Waals surface area contributed by atoms with Crippen LogP contribution in [-0.4, -0.2) is 17.2 Å². The maximum Gasteiger partial charge on any atom is 0.225 e. The van der Waals surface area contributed by atoms with Gasteiger partial charge in [0.1, 0.15) is 5.69 Å². The van der Waals surface area contributed by atoms with Gasteiger partial charge in [-0.25, -0.2) is 4.98 Å². The lowest BCUT2D eigenvalue weighted by Gasteiger charge is -2.33. The highest BCUT2D eigenvalue weighted by Gasteiger charge is 2.33. The number of amides is 1. The summed E-state index contributed by atoms with van der Waals surface area (Å²) in [5, 5.41) is 4.07. The molecule has 1 N–H and O–H groups in total. The fourth-order valence-corrected chi connectivity index (χ4v) is 4.37. The zero-order valence-corrected chi connectivity index (χ0v) is 16.7. The van der Waals surface area contributed by atoms with E-state index in [4.69, 9.17) is 0 Å². The van der Waals surface area contributed by atoms with Gasteiger partial charge in [-0.1, -0.05) is 45.0 Å². The van der Waals surface area contributed by atoms with Crippen molar-refractivity contribution in [3.63, 3.8) is 0 Å². The molecule has 28 heavy (non-hydrogen) atoms. The molecular weight excluding hydrogens is 348 g/mol. The lowest BCUT2D eigenvalue weighted by atomic mass is 9.76. The van der Waals surface area contributed by atoms with Crippen molar-refractivity contribution >= 4 is 28.8 Å². The Labute approximate surface area is 165 Å². The molecule has 4 nitrogen and oxygen atoms in total. The number of benzene rings is 2. The first-order valence-corrected chi connectivity index (χ1v) is 9.68. The molecule has 4 heteroatoms. The quantitative estimate of drug-likeness (QED) is 0.643. The van der Waals surface area contributed by atoms with Crippen LogP contribution in [0.1, 0.15) is 54.4 Å². The van der Waals surface area contributed by atoms with Crippen molar-refractivity contribution in [1.82, 2.24) is 4.98 Å². The number of aromatic nitrogens is 1. The average Bonchev–Trinajstić information content (AvgIpc) is 2.66. The molecule has 1 aliphatic heterocycles. The third kappa shape index (κ3) is 2.80. The van der Waals surface area contributed by atoms with Crippen molar-refractivity contribution in [3.05, 3.63) is 58.8 Å². The van der Waals surface area contributed by atoms with Crippen molar-refractivity contribution in [3.8, 4) is 11.1 Å². The van der Waals surface area contributed by atoms with E-state index in [1.807, 2.05) is 31.2 Å². The van der Waals surface area contributed by atoms with Gasteiger partial charge in [0, 0.05) is 22.9 Å². The number of hydrogen-bond donors (Lipinski definition) is 1. The monoisotopic (exact) mass is 372 g/mol. The molecule has 0 atom stereocenters. The molecule has 3 aromatic rings. The molecule has 0 fully saturated rings. The normalized spacial score (nSPS) is 15.2. The summed E-state index contributed by atoms with van der Waals surface area (Å²) < 4.78 is 0. The van der Waals surface area contributed by atoms with E-state index in [0.29, 0.717) is 18.5 Å². The smallest absolute Gasteiger partial charge is 0.225 e. The minimum Gasteiger partial charge on any atom is -0.326 e. The van der Waals surface area contributed by atoms with Gasteiger partial charge in [-0.15, -0.1) is 0 Å². The van der Waals surface area contributed by atoms with Crippen molar-refractivity contribution in [1.29, 1.82) is 0 Å². The van der Waals surface area contributed by atoms with Crippen LogP contribution in [0.4, 0.5) is 5.69 Å². The van der Waals surface area contributed by atoms with Crippen molar-refractivity contribution < 1.29 is 9.59 Å². The Morgan fingerprint density at radius 1 is 1.21 bits per heavy atom. The molecule has 2 heterocycles. The second kappa shape index (κ2) is 6.55. The number of carbonyl (C=O) groups is 2. The molecule has 2 aromatic carbocycles. The Hall–Kier alpha value is -3.01. The zero-order valence-electron chi connectivity index (χ0n) is 16.7. The summed E-state index contributed by atoms with van der Waals surface area (Å²) in [6, 6.07) is 12.2.